The third kappa shape index (κ3) is 3.88. The predicted molar refractivity (Wildman–Crippen MR) is 96.5 cm³/mol. The standard InChI is InChI=1S/C18H19N3O3S/c1-3-4-10-24-18-19-16(15-9-6-11-25-15)21(20-18)17(22)13-7-5-8-14(12-13)23-2/h5-9,11-12H,3-4,10H2,1-2H3. The van der Waals surface area contributed by atoms with Crippen molar-refractivity contribution in [3.63, 3.8) is 0 Å². The minimum Gasteiger partial charge on any atom is -0.497 e. The predicted octanol–water partition coefficient (Wildman–Crippen LogP) is 3.88. The lowest BCUT2D eigenvalue weighted by Crippen LogP contribution is -2.15. The van der Waals surface area contributed by atoms with E-state index >= 15 is 0 Å². The van der Waals surface area contributed by atoms with Crippen LogP contribution in [-0.2, 0) is 0 Å². The van der Waals surface area contributed by atoms with Crippen LogP contribution in [-0.4, -0.2) is 34.4 Å². The first-order valence-corrected chi connectivity index (χ1v) is 8.93. The Kier molecular flexibility index (Phi) is 5.45. The van der Waals surface area contributed by atoms with Gasteiger partial charge in [0.15, 0.2) is 5.82 Å². The average molecular weight is 357 g/mol. The van der Waals surface area contributed by atoms with Crippen LogP contribution in [0.1, 0.15) is 30.1 Å². The SMILES string of the molecule is CCCCOc1nc(-c2cccs2)n(C(=O)c2cccc(OC)c2)n1. The number of carbonyl (C=O) groups is 1. The zero-order chi connectivity index (χ0) is 17.6. The summed E-state index contributed by atoms with van der Waals surface area (Å²) in [4.78, 5) is 18.2. The van der Waals surface area contributed by atoms with E-state index in [-0.39, 0.29) is 11.9 Å². The van der Waals surface area contributed by atoms with E-state index in [0.29, 0.717) is 23.7 Å². The molecular formula is C18H19N3O3S. The third-order valence-corrected chi connectivity index (χ3v) is 4.43. The molecule has 3 aromatic rings. The van der Waals surface area contributed by atoms with Gasteiger partial charge in [0.25, 0.3) is 5.91 Å². The second-order valence-corrected chi connectivity index (χ2v) is 6.29. The summed E-state index contributed by atoms with van der Waals surface area (Å²) in [5.41, 5.74) is 0.474. The second kappa shape index (κ2) is 7.94. The fourth-order valence-electron chi connectivity index (χ4n) is 2.25. The summed E-state index contributed by atoms with van der Waals surface area (Å²) in [5.74, 6) is 0.817. The molecule has 0 aliphatic carbocycles. The van der Waals surface area contributed by atoms with Gasteiger partial charge in [0.05, 0.1) is 18.6 Å². The van der Waals surface area contributed by atoms with Crippen LogP contribution in [0.2, 0.25) is 0 Å². The highest BCUT2D eigenvalue weighted by atomic mass is 32.1. The molecule has 0 atom stereocenters. The van der Waals surface area contributed by atoms with Crippen LogP contribution in [0, 0.1) is 0 Å². The quantitative estimate of drug-likeness (QED) is 0.600. The van der Waals surface area contributed by atoms with Crippen molar-refractivity contribution in [2.75, 3.05) is 13.7 Å². The molecule has 0 bridgehead atoms. The van der Waals surface area contributed by atoms with E-state index in [9.17, 15) is 4.79 Å². The van der Waals surface area contributed by atoms with Crippen molar-refractivity contribution in [2.45, 2.75) is 19.8 Å². The summed E-state index contributed by atoms with van der Waals surface area (Å²) in [6.45, 7) is 2.61. The van der Waals surface area contributed by atoms with Gasteiger partial charge in [0.2, 0.25) is 0 Å². The third-order valence-electron chi connectivity index (χ3n) is 3.57. The van der Waals surface area contributed by atoms with E-state index in [1.54, 1.807) is 31.4 Å². The van der Waals surface area contributed by atoms with Gasteiger partial charge < -0.3 is 9.47 Å². The Bertz CT molecular complexity index is 843. The molecule has 0 unspecified atom stereocenters. The molecule has 2 aromatic heterocycles. The van der Waals surface area contributed by atoms with Gasteiger partial charge in [-0.25, -0.2) is 0 Å². The first-order valence-electron chi connectivity index (χ1n) is 8.05. The van der Waals surface area contributed by atoms with Crippen molar-refractivity contribution in [3.05, 3.63) is 47.3 Å². The van der Waals surface area contributed by atoms with Gasteiger partial charge in [-0.1, -0.05) is 25.5 Å². The minimum atomic E-state index is -0.278. The highest BCUT2D eigenvalue weighted by Crippen LogP contribution is 2.26. The maximum atomic E-state index is 12.9. The van der Waals surface area contributed by atoms with Gasteiger partial charge in [0, 0.05) is 5.56 Å². The maximum absolute atomic E-state index is 12.9. The van der Waals surface area contributed by atoms with Crippen LogP contribution < -0.4 is 9.47 Å². The van der Waals surface area contributed by atoms with Crippen molar-refractivity contribution >= 4 is 17.2 Å². The van der Waals surface area contributed by atoms with Crippen molar-refractivity contribution in [1.82, 2.24) is 14.8 Å². The topological polar surface area (TPSA) is 66.2 Å². The van der Waals surface area contributed by atoms with Crippen LogP contribution in [0.4, 0.5) is 0 Å². The van der Waals surface area contributed by atoms with Gasteiger partial charge in [-0.05, 0) is 36.1 Å². The molecule has 0 amide bonds. The Labute approximate surface area is 150 Å². The van der Waals surface area contributed by atoms with Crippen molar-refractivity contribution in [3.8, 4) is 22.5 Å². The van der Waals surface area contributed by atoms with E-state index in [0.717, 1.165) is 17.7 Å². The highest BCUT2D eigenvalue weighted by molar-refractivity contribution is 7.13. The first-order chi connectivity index (χ1) is 12.2. The number of aromatic nitrogens is 3. The summed E-state index contributed by atoms with van der Waals surface area (Å²) in [7, 11) is 1.57. The van der Waals surface area contributed by atoms with Crippen molar-refractivity contribution in [1.29, 1.82) is 0 Å². The van der Waals surface area contributed by atoms with Crippen molar-refractivity contribution in [2.24, 2.45) is 0 Å². The highest BCUT2D eigenvalue weighted by Gasteiger charge is 2.21. The van der Waals surface area contributed by atoms with E-state index in [1.807, 2.05) is 17.5 Å². The number of unbranched alkanes of at least 4 members (excludes halogenated alkanes) is 1. The molecule has 0 fully saturated rings. The maximum Gasteiger partial charge on any atom is 0.336 e. The lowest BCUT2D eigenvalue weighted by molar-refractivity contribution is 0.0944. The number of carbonyl (C=O) groups excluding carboxylic acids is 1. The monoisotopic (exact) mass is 357 g/mol. The number of rotatable bonds is 7. The number of hydrogen-bond acceptors (Lipinski definition) is 6. The number of benzene rings is 1. The van der Waals surface area contributed by atoms with E-state index in [1.165, 1.54) is 16.0 Å². The van der Waals surface area contributed by atoms with Gasteiger partial charge in [-0.3, -0.25) is 4.79 Å². The average Bonchev–Trinajstić information content (AvgIpc) is 3.31. The molecule has 0 saturated carbocycles. The minimum absolute atomic E-state index is 0.216. The number of ether oxygens (including phenoxy) is 2. The van der Waals surface area contributed by atoms with Crippen molar-refractivity contribution < 1.29 is 14.3 Å². The Balaban J connectivity index is 1.96. The van der Waals surface area contributed by atoms with Crippen LogP contribution in [0.5, 0.6) is 11.8 Å². The van der Waals surface area contributed by atoms with Crippen LogP contribution in [0.3, 0.4) is 0 Å². The summed E-state index contributed by atoms with van der Waals surface area (Å²) in [6, 6.07) is 11.0. The summed E-state index contributed by atoms with van der Waals surface area (Å²) in [5, 5.41) is 6.20. The Morgan fingerprint density at radius 2 is 2.16 bits per heavy atom. The Hall–Kier alpha value is -2.67. The Morgan fingerprint density at radius 1 is 1.28 bits per heavy atom. The first kappa shape index (κ1) is 17.2. The lowest BCUT2D eigenvalue weighted by atomic mass is 10.2. The van der Waals surface area contributed by atoms with Crippen LogP contribution in [0.25, 0.3) is 10.7 Å². The smallest absolute Gasteiger partial charge is 0.336 e. The van der Waals surface area contributed by atoms with E-state index in [4.69, 9.17) is 9.47 Å². The molecule has 0 radical (unpaired) electrons. The molecule has 7 heteroatoms. The molecule has 3 rings (SSSR count). The zero-order valence-electron chi connectivity index (χ0n) is 14.1. The van der Waals surface area contributed by atoms with E-state index < -0.39 is 0 Å². The molecule has 1 aromatic carbocycles. The summed E-state index contributed by atoms with van der Waals surface area (Å²) < 4.78 is 12.1. The molecule has 25 heavy (non-hydrogen) atoms. The lowest BCUT2D eigenvalue weighted by Gasteiger charge is -2.05. The number of methoxy groups -OCH3 is 1. The number of thiophene rings is 1. The molecule has 0 spiro atoms. The molecular weight excluding hydrogens is 338 g/mol. The van der Waals surface area contributed by atoms with Gasteiger partial charge in [-0.15, -0.1) is 16.4 Å². The molecule has 0 N–H and O–H groups in total. The normalized spacial score (nSPS) is 10.6. The summed E-state index contributed by atoms with van der Waals surface area (Å²) >= 11 is 1.50. The van der Waals surface area contributed by atoms with Gasteiger partial charge in [-0.2, -0.15) is 9.67 Å². The largest absolute Gasteiger partial charge is 0.497 e. The van der Waals surface area contributed by atoms with Crippen LogP contribution in [0.15, 0.2) is 41.8 Å². The van der Waals surface area contributed by atoms with E-state index in [2.05, 4.69) is 17.0 Å². The number of hydrogen-bond donors (Lipinski definition) is 0. The van der Waals surface area contributed by atoms with Gasteiger partial charge in [0.1, 0.15) is 5.75 Å². The molecule has 2 heterocycles. The molecule has 130 valence electrons. The zero-order valence-corrected chi connectivity index (χ0v) is 15.0. The van der Waals surface area contributed by atoms with Crippen LogP contribution >= 0.6 is 11.3 Å². The Morgan fingerprint density at radius 3 is 2.88 bits per heavy atom. The molecule has 0 aliphatic heterocycles. The summed E-state index contributed by atoms with van der Waals surface area (Å²) in [6.07, 6.45) is 1.92. The number of nitrogens with zero attached hydrogens (tertiary/aromatic N) is 3. The molecule has 0 saturated heterocycles. The van der Waals surface area contributed by atoms with Gasteiger partial charge >= 0.3 is 6.01 Å². The molecule has 6 nitrogen and oxygen atoms in total. The second-order valence-electron chi connectivity index (χ2n) is 5.35. The molecule has 0 aliphatic rings. The fourth-order valence-corrected chi connectivity index (χ4v) is 2.95. The fraction of sp³-hybridized carbons (Fsp3) is 0.278.